The molecule has 0 amide bonds. The van der Waals surface area contributed by atoms with E-state index >= 15 is 0 Å². The molecule has 6 nitrogen and oxygen atoms in total. The summed E-state index contributed by atoms with van der Waals surface area (Å²) in [6, 6.07) is 0.907. The summed E-state index contributed by atoms with van der Waals surface area (Å²) >= 11 is 0. The molecule has 0 aliphatic rings. The Hall–Kier alpha value is -0.833. The average Bonchev–Trinajstić information content (AvgIpc) is 2.57. The Morgan fingerprint density at radius 1 is 1.12 bits per heavy atom. The molecule has 0 aliphatic heterocycles. The first-order valence-electron chi connectivity index (χ1n) is 8.78. The van der Waals surface area contributed by atoms with Gasteiger partial charge in [0.1, 0.15) is 6.79 Å². The highest BCUT2D eigenvalue weighted by Crippen LogP contribution is 2.15. The van der Waals surface area contributed by atoms with Crippen LogP contribution in [0.25, 0.3) is 0 Å². The maximum atomic E-state index is 10.0. The van der Waals surface area contributed by atoms with Gasteiger partial charge in [-0.3, -0.25) is 4.90 Å². The highest BCUT2D eigenvalue weighted by atomic mass is 28.4. The van der Waals surface area contributed by atoms with Gasteiger partial charge in [-0.1, -0.05) is 12.2 Å². The molecule has 0 bridgehead atoms. The van der Waals surface area contributed by atoms with Crippen LogP contribution in [0.5, 0.6) is 0 Å². The fraction of sp³-hybridized carbons (Fsp3) is 0.722. The first-order chi connectivity index (χ1) is 12.0. The third kappa shape index (κ3) is 15.2. The topological polar surface area (TPSA) is 68.2 Å². The van der Waals surface area contributed by atoms with E-state index in [4.69, 9.17) is 18.4 Å². The number of carbonyl (C=O) groups excluding carboxylic acids is 1. The van der Waals surface area contributed by atoms with Crippen LogP contribution in [0.3, 0.4) is 0 Å². The molecule has 25 heavy (non-hydrogen) atoms. The molecule has 0 saturated carbocycles. The molecule has 1 atom stereocenters. The van der Waals surface area contributed by atoms with Gasteiger partial charge in [0.25, 0.3) is 0 Å². The monoisotopic (exact) mass is 375 g/mol. The summed E-state index contributed by atoms with van der Waals surface area (Å²) in [6.45, 7) is 19.9. The van der Waals surface area contributed by atoms with Gasteiger partial charge < -0.3 is 23.5 Å². The molecule has 148 valence electrons. The second-order valence-electron chi connectivity index (χ2n) is 5.63. The lowest BCUT2D eigenvalue weighted by Gasteiger charge is -2.26. The first-order valence-corrected chi connectivity index (χ1v) is 11.3. The predicted molar refractivity (Wildman–Crippen MR) is 105 cm³/mol. The standard InChI is InChI=1S/C17H35NO4Si.CH2O/c1-6-11-18(12-7-2)15-17(19)16-20-13-10-14-23(5,21-8-3)22-9-4;1-2/h6-7,17,19H,1-2,8-16H2,3-5H3;1H2. The van der Waals surface area contributed by atoms with E-state index in [2.05, 4.69) is 24.6 Å². The van der Waals surface area contributed by atoms with Crippen LogP contribution < -0.4 is 0 Å². The zero-order valence-corrected chi connectivity index (χ0v) is 17.2. The Morgan fingerprint density at radius 2 is 1.64 bits per heavy atom. The smallest absolute Gasteiger partial charge is 0.334 e. The minimum Gasteiger partial charge on any atom is -0.395 e. The Morgan fingerprint density at radius 3 is 2.08 bits per heavy atom. The number of ether oxygens (including phenoxy) is 1. The molecule has 0 heterocycles. The highest BCUT2D eigenvalue weighted by Gasteiger charge is 2.29. The third-order valence-electron chi connectivity index (χ3n) is 3.37. The number of aliphatic hydroxyl groups excluding tert-OH is 1. The zero-order chi connectivity index (χ0) is 19.6. The van der Waals surface area contributed by atoms with E-state index in [1.165, 1.54) is 0 Å². The summed E-state index contributed by atoms with van der Waals surface area (Å²) in [5.74, 6) is 0. The Bertz CT molecular complexity index is 315. The third-order valence-corrected chi connectivity index (χ3v) is 6.43. The summed E-state index contributed by atoms with van der Waals surface area (Å²) in [7, 11) is -2.05. The SMILES string of the molecule is C=CCN(CC=C)CC(O)COCCC[Si](C)(OCC)OCC.C=O. The van der Waals surface area contributed by atoms with E-state index in [0.29, 0.717) is 33.0 Å². The molecule has 1 unspecified atom stereocenters. The molecule has 1 N–H and O–H groups in total. The van der Waals surface area contributed by atoms with Crippen LogP contribution in [0, 0.1) is 0 Å². The molecule has 0 saturated heterocycles. The van der Waals surface area contributed by atoms with Gasteiger partial charge in [-0.2, -0.15) is 0 Å². The number of carbonyl (C=O) groups is 1. The van der Waals surface area contributed by atoms with E-state index < -0.39 is 14.7 Å². The second-order valence-corrected chi connectivity index (χ2v) is 8.97. The van der Waals surface area contributed by atoms with Gasteiger partial charge in [0.2, 0.25) is 0 Å². The lowest BCUT2D eigenvalue weighted by Crippen LogP contribution is -2.39. The Balaban J connectivity index is 0. The van der Waals surface area contributed by atoms with E-state index in [0.717, 1.165) is 25.6 Å². The van der Waals surface area contributed by atoms with Crippen LogP contribution in [0.1, 0.15) is 20.3 Å². The van der Waals surface area contributed by atoms with Crippen molar-refractivity contribution in [1.29, 1.82) is 0 Å². The van der Waals surface area contributed by atoms with Crippen molar-refractivity contribution in [3.05, 3.63) is 25.3 Å². The van der Waals surface area contributed by atoms with Gasteiger partial charge in [0, 0.05) is 39.5 Å². The molecule has 0 aliphatic carbocycles. The van der Waals surface area contributed by atoms with Crippen molar-refractivity contribution in [2.45, 2.75) is 39.0 Å². The van der Waals surface area contributed by atoms with E-state index in [-0.39, 0.29) is 0 Å². The zero-order valence-electron chi connectivity index (χ0n) is 16.2. The fourth-order valence-corrected chi connectivity index (χ4v) is 4.83. The van der Waals surface area contributed by atoms with Crippen molar-refractivity contribution in [2.75, 3.05) is 46.1 Å². The molecule has 7 heteroatoms. The molecule has 0 aromatic heterocycles. The number of nitrogens with zero attached hydrogens (tertiary/aromatic N) is 1. The minimum absolute atomic E-state index is 0.340. The van der Waals surface area contributed by atoms with Crippen molar-refractivity contribution in [2.24, 2.45) is 0 Å². The molecule has 0 fully saturated rings. The number of aliphatic hydroxyl groups is 1. The van der Waals surface area contributed by atoms with E-state index in [9.17, 15) is 5.11 Å². The van der Waals surface area contributed by atoms with Crippen LogP contribution in [-0.2, 0) is 18.4 Å². The maximum absolute atomic E-state index is 10.0. The minimum atomic E-state index is -2.05. The molecule has 0 aromatic carbocycles. The van der Waals surface area contributed by atoms with Gasteiger partial charge >= 0.3 is 8.56 Å². The van der Waals surface area contributed by atoms with Gasteiger partial charge in [0.05, 0.1) is 12.7 Å². The van der Waals surface area contributed by atoms with Gasteiger partial charge in [0.15, 0.2) is 0 Å². The molecular formula is C18H37NO5Si. The highest BCUT2D eigenvalue weighted by molar-refractivity contribution is 6.66. The Labute approximate surface area is 154 Å². The Kier molecular flexibility index (Phi) is 19.0. The predicted octanol–water partition coefficient (Wildman–Crippen LogP) is 2.39. The van der Waals surface area contributed by atoms with Gasteiger partial charge in [-0.25, -0.2) is 0 Å². The van der Waals surface area contributed by atoms with Crippen molar-refractivity contribution in [3.8, 4) is 0 Å². The fourth-order valence-electron chi connectivity index (χ4n) is 2.45. The number of rotatable bonds is 16. The van der Waals surface area contributed by atoms with Gasteiger partial charge in [-0.15, -0.1) is 13.2 Å². The lowest BCUT2D eigenvalue weighted by molar-refractivity contribution is -0.0980. The van der Waals surface area contributed by atoms with Crippen molar-refractivity contribution in [3.63, 3.8) is 0 Å². The van der Waals surface area contributed by atoms with Crippen LogP contribution in [0.4, 0.5) is 0 Å². The summed E-state index contributed by atoms with van der Waals surface area (Å²) in [5, 5.41) is 10.0. The molecule has 0 radical (unpaired) electrons. The summed E-state index contributed by atoms with van der Waals surface area (Å²) in [4.78, 5) is 10.1. The number of hydrogen-bond donors (Lipinski definition) is 1. The van der Waals surface area contributed by atoms with Crippen LogP contribution in [0.15, 0.2) is 25.3 Å². The van der Waals surface area contributed by atoms with E-state index in [1.807, 2.05) is 32.8 Å². The average molecular weight is 376 g/mol. The summed E-state index contributed by atoms with van der Waals surface area (Å²) in [5.41, 5.74) is 0. The number of hydrogen-bond acceptors (Lipinski definition) is 6. The van der Waals surface area contributed by atoms with Crippen molar-refractivity contribution >= 4 is 15.3 Å². The van der Waals surface area contributed by atoms with Crippen LogP contribution in [0.2, 0.25) is 12.6 Å². The second kappa shape index (κ2) is 18.0. The normalized spacial score (nSPS) is 12.4. The van der Waals surface area contributed by atoms with Crippen LogP contribution in [-0.4, -0.2) is 77.5 Å². The van der Waals surface area contributed by atoms with Gasteiger partial charge in [-0.05, 0) is 32.9 Å². The van der Waals surface area contributed by atoms with Crippen LogP contribution >= 0.6 is 0 Å². The van der Waals surface area contributed by atoms with Crippen molar-refractivity contribution in [1.82, 2.24) is 4.90 Å². The summed E-state index contributed by atoms with van der Waals surface area (Å²) in [6.07, 6.45) is 4.03. The van der Waals surface area contributed by atoms with E-state index in [1.54, 1.807) is 0 Å². The summed E-state index contributed by atoms with van der Waals surface area (Å²) < 4.78 is 17.2. The first kappa shape index (κ1) is 26.4. The lowest BCUT2D eigenvalue weighted by atomic mass is 10.3. The molecular weight excluding hydrogens is 338 g/mol. The van der Waals surface area contributed by atoms with Crippen molar-refractivity contribution < 1.29 is 23.5 Å². The quantitative estimate of drug-likeness (QED) is 0.254. The molecule has 0 aromatic rings. The molecule has 0 rings (SSSR count). The largest absolute Gasteiger partial charge is 0.395 e. The molecule has 0 spiro atoms. The maximum Gasteiger partial charge on any atom is 0.334 e.